The first-order valence-corrected chi connectivity index (χ1v) is 8.58. The predicted molar refractivity (Wildman–Crippen MR) is 87.9 cm³/mol. The summed E-state index contributed by atoms with van der Waals surface area (Å²) in [5.41, 5.74) is 2.46. The Morgan fingerprint density at radius 2 is 2.17 bits per heavy atom. The van der Waals surface area contributed by atoms with Gasteiger partial charge in [-0.25, -0.2) is 18.6 Å². The Labute approximate surface area is 141 Å². The van der Waals surface area contributed by atoms with Crippen LogP contribution in [0.4, 0.5) is 14.6 Å². The first-order valence-electron chi connectivity index (χ1n) is 8.58. The fourth-order valence-corrected chi connectivity index (χ4v) is 3.69. The number of carbonyl (C=O) groups excluding carboxylic acids is 1. The SMILES string of the molecule is COC(=O)c1cc2c(nc1N1CCC(F)(F)C(C)C1)CCCC2C. The molecule has 0 bridgehead atoms. The summed E-state index contributed by atoms with van der Waals surface area (Å²) in [6.45, 7) is 4.06. The third-order valence-corrected chi connectivity index (χ3v) is 5.33. The smallest absolute Gasteiger partial charge is 0.341 e. The summed E-state index contributed by atoms with van der Waals surface area (Å²) < 4.78 is 32.5. The van der Waals surface area contributed by atoms with Crippen molar-refractivity contribution >= 4 is 11.8 Å². The van der Waals surface area contributed by atoms with Crippen LogP contribution in [0.15, 0.2) is 6.07 Å². The molecule has 2 aliphatic rings. The lowest BCUT2D eigenvalue weighted by atomic mass is 9.86. The van der Waals surface area contributed by atoms with Gasteiger partial charge in [0.25, 0.3) is 5.92 Å². The molecule has 1 aliphatic carbocycles. The Kier molecular flexibility index (Phi) is 4.49. The number of aryl methyl sites for hydroxylation is 1. The van der Waals surface area contributed by atoms with Crippen LogP contribution < -0.4 is 4.90 Å². The van der Waals surface area contributed by atoms with Crippen molar-refractivity contribution in [3.8, 4) is 0 Å². The normalized spacial score (nSPS) is 26.0. The van der Waals surface area contributed by atoms with Gasteiger partial charge in [0, 0.05) is 31.1 Å². The van der Waals surface area contributed by atoms with Crippen LogP contribution in [0.1, 0.15) is 60.6 Å². The van der Waals surface area contributed by atoms with E-state index in [1.807, 2.05) is 11.0 Å². The van der Waals surface area contributed by atoms with Gasteiger partial charge in [0.1, 0.15) is 11.4 Å². The van der Waals surface area contributed by atoms with Crippen LogP contribution in [0.5, 0.6) is 0 Å². The second-order valence-corrected chi connectivity index (χ2v) is 7.04. The minimum absolute atomic E-state index is 0.193. The summed E-state index contributed by atoms with van der Waals surface area (Å²) >= 11 is 0. The van der Waals surface area contributed by atoms with Crippen LogP contribution >= 0.6 is 0 Å². The molecule has 1 saturated heterocycles. The van der Waals surface area contributed by atoms with Crippen LogP contribution in [0.3, 0.4) is 0 Å². The lowest BCUT2D eigenvalue weighted by molar-refractivity contribution is -0.0652. The number of rotatable bonds is 2. The zero-order chi connectivity index (χ0) is 17.5. The second kappa shape index (κ2) is 6.30. The molecule has 1 fully saturated rings. The van der Waals surface area contributed by atoms with Crippen LogP contribution in [-0.4, -0.2) is 37.1 Å². The molecule has 2 unspecified atom stereocenters. The number of aromatic nitrogens is 1. The molecule has 2 heterocycles. The van der Waals surface area contributed by atoms with E-state index in [1.165, 1.54) is 7.11 Å². The van der Waals surface area contributed by atoms with Gasteiger partial charge in [0.2, 0.25) is 0 Å². The number of alkyl halides is 2. The third kappa shape index (κ3) is 2.98. The summed E-state index contributed by atoms with van der Waals surface area (Å²) in [5.74, 6) is -3.04. The molecule has 0 radical (unpaired) electrons. The highest BCUT2D eigenvalue weighted by atomic mass is 19.3. The van der Waals surface area contributed by atoms with Gasteiger partial charge >= 0.3 is 5.97 Å². The fourth-order valence-electron chi connectivity index (χ4n) is 3.69. The summed E-state index contributed by atoms with van der Waals surface area (Å²) in [7, 11) is 1.34. The minimum Gasteiger partial charge on any atom is -0.465 e. The van der Waals surface area contributed by atoms with Crippen LogP contribution in [0, 0.1) is 5.92 Å². The van der Waals surface area contributed by atoms with E-state index in [4.69, 9.17) is 9.72 Å². The zero-order valence-electron chi connectivity index (χ0n) is 14.4. The van der Waals surface area contributed by atoms with Crippen molar-refractivity contribution in [3.63, 3.8) is 0 Å². The highest BCUT2D eigenvalue weighted by Crippen LogP contribution is 2.38. The van der Waals surface area contributed by atoms with E-state index < -0.39 is 17.8 Å². The van der Waals surface area contributed by atoms with E-state index in [9.17, 15) is 13.6 Å². The molecule has 0 saturated carbocycles. The average Bonchev–Trinajstić information content (AvgIpc) is 2.56. The molecular weight excluding hydrogens is 314 g/mol. The largest absolute Gasteiger partial charge is 0.465 e. The monoisotopic (exact) mass is 338 g/mol. The van der Waals surface area contributed by atoms with Crippen LogP contribution in [0.25, 0.3) is 0 Å². The van der Waals surface area contributed by atoms with E-state index in [1.54, 1.807) is 6.92 Å². The topological polar surface area (TPSA) is 42.4 Å². The van der Waals surface area contributed by atoms with E-state index in [-0.39, 0.29) is 19.5 Å². The van der Waals surface area contributed by atoms with E-state index >= 15 is 0 Å². The van der Waals surface area contributed by atoms with E-state index in [2.05, 4.69) is 6.92 Å². The minimum atomic E-state index is -2.66. The Morgan fingerprint density at radius 1 is 1.42 bits per heavy atom. The Morgan fingerprint density at radius 3 is 2.83 bits per heavy atom. The zero-order valence-corrected chi connectivity index (χ0v) is 14.4. The number of fused-ring (bicyclic) bond motifs is 1. The molecule has 0 N–H and O–H groups in total. The van der Waals surface area contributed by atoms with E-state index in [0.717, 1.165) is 30.5 Å². The van der Waals surface area contributed by atoms with Crippen LogP contribution in [0.2, 0.25) is 0 Å². The number of halogens is 2. The number of ether oxygens (including phenoxy) is 1. The van der Waals surface area contributed by atoms with Crippen molar-refractivity contribution < 1.29 is 18.3 Å². The van der Waals surface area contributed by atoms with Crippen molar-refractivity contribution in [2.24, 2.45) is 5.92 Å². The molecule has 6 heteroatoms. The van der Waals surface area contributed by atoms with Gasteiger partial charge in [-0.3, -0.25) is 0 Å². The van der Waals surface area contributed by atoms with Crippen molar-refractivity contribution in [1.29, 1.82) is 0 Å². The maximum Gasteiger partial charge on any atom is 0.341 e. The standard InChI is InChI=1S/C18H24F2N2O2/c1-11-5-4-6-15-13(11)9-14(17(23)24-3)16(21-15)22-8-7-18(19,20)12(2)10-22/h9,11-12H,4-8,10H2,1-3H3. The molecule has 1 aromatic heterocycles. The molecule has 4 nitrogen and oxygen atoms in total. The second-order valence-electron chi connectivity index (χ2n) is 7.04. The number of hydrogen-bond donors (Lipinski definition) is 0. The fraction of sp³-hybridized carbons (Fsp3) is 0.667. The Hall–Kier alpha value is -1.72. The van der Waals surface area contributed by atoms with Crippen molar-refractivity contribution in [2.45, 2.75) is 51.4 Å². The van der Waals surface area contributed by atoms with Gasteiger partial charge in [-0.1, -0.05) is 13.8 Å². The van der Waals surface area contributed by atoms with Gasteiger partial charge in [0.15, 0.2) is 0 Å². The molecule has 0 spiro atoms. The number of methoxy groups -OCH3 is 1. The molecule has 0 amide bonds. The molecule has 0 aromatic carbocycles. The Balaban J connectivity index is 2.01. The van der Waals surface area contributed by atoms with Crippen LogP contribution in [-0.2, 0) is 11.2 Å². The maximum atomic E-state index is 13.8. The van der Waals surface area contributed by atoms with Crippen molar-refractivity contribution in [3.05, 3.63) is 22.9 Å². The number of pyridine rings is 1. The number of anilines is 1. The molecule has 3 rings (SSSR count). The molecule has 132 valence electrons. The molecule has 1 aromatic rings. The molecular formula is C18H24F2N2O2. The lowest BCUT2D eigenvalue weighted by Crippen LogP contribution is -2.46. The summed E-state index contributed by atoms with van der Waals surface area (Å²) in [6.07, 6.45) is 2.78. The first kappa shape index (κ1) is 17.1. The third-order valence-electron chi connectivity index (χ3n) is 5.33. The van der Waals surface area contributed by atoms with Gasteiger partial charge < -0.3 is 9.64 Å². The predicted octanol–water partition coefficient (Wildman–Crippen LogP) is 3.79. The number of piperidine rings is 1. The van der Waals surface area contributed by atoms with Gasteiger partial charge in [0.05, 0.1) is 7.11 Å². The highest BCUT2D eigenvalue weighted by Gasteiger charge is 2.42. The number of esters is 1. The first-order chi connectivity index (χ1) is 11.3. The summed E-state index contributed by atoms with van der Waals surface area (Å²) in [4.78, 5) is 18.8. The summed E-state index contributed by atoms with van der Waals surface area (Å²) in [5, 5.41) is 0. The number of nitrogens with zero attached hydrogens (tertiary/aromatic N) is 2. The van der Waals surface area contributed by atoms with Gasteiger partial charge in [-0.15, -0.1) is 0 Å². The highest BCUT2D eigenvalue weighted by molar-refractivity contribution is 5.95. The lowest BCUT2D eigenvalue weighted by Gasteiger charge is -2.38. The molecule has 1 aliphatic heterocycles. The van der Waals surface area contributed by atoms with E-state index in [0.29, 0.717) is 17.3 Å². The quantitative estimate of drug-likeness (QED) is 0.770. The van der Waals surface area contributed by atoms with Gasteiger partial charge in [-0.2, -0.15) is 0 Å². The van der Waals surface area contributed by atoms with Gasteiger partial charge in [-0.05, 0) is 36.8 Å². The number of hydrogen-bond acceptors (Lipinski definition) is 4. The number of carbonyl (C=O) groups is 1. The molecule has 2 atom stereocenters. The Bertz CT molecular complexity index is 648. The molecule has 24 heavy (non-hydrogen) atoms. The van der Waals surface area contributed by atoms with Crippen molar-refractivity contribution in [1.82, 2.24) is 4.98 Å². The summed E-state index contributed by atoms with van der Waals surface area (Å²) in [6, 6.07) is 1.87. The van der Waals surface area contributed by atoms with Crippen molar-refractivity contribution in [2.75, 3.05) is 25.1 Å². The average molecular weight is 338 g/mol. The maximum absolute atomic E-state index is 13.8.